The summed E-state index contributed by atoms with van der Waals surface area (Å²) in [6.07, 6.45) is -1.64. The minimum Gasteiger partial charge on any atom is -0.465 e. The third-order valence-electron chi connectivity index (χ3n) is 4.64. The number of alkyl halides is 3. The van der Waals surface area contributed by atoms with Crippen LogP contribution in [0.4, 0.5) is 13.2 Å². The van der Waals surface area contributed by atoms with Gasteiger partial charge in [0.2, 0.25) is 5.89 Å². The maximum Gasteiger partial charge on any atom is 0.416 e. The van der Waals surface area contributed by atoms with Crippen LogP contribution in [0.2, 0.25) is 0 Å². The van der Waals surface area contributed by atoms with E-state index in [1.54, 1.807) is 13.0 Å². The number of ether oxygens (including phenoxy) is 1. The molecule has 1 aliphatic heterocycles. The Morgan fingerprint density at radius 1 is 1.36 bits per heavy atom. The van der Waals surface area contributed by atoms with Crippen molar-refractivity contribution in [1.29, 1.82) is 0 Å². The van der Waals surface area contributed by atoms with Gasteiger partial charge < -0.3 is 9.26 Å². The molecule has 0 saturated carbocycles. The third kappa shape index (κ3) is 5.09. The van der Waals surface area contributed by atoms with E-state index >= 15 is 0 Å². The van der Waals surface area contributed by atoms with E-state index in [0.717, 1.165) is 31.5 Å². The van der Waals surface area contributed by atoms with Crippen molar-refractivity contribution in [2.75, 3.05) is 13.2 Å². The number of esters is 1. The summed E-state index contributed by atoms with van der Waals surface area (Å²) in [5.74, 6) is 0.378. The van der Waals surface area contributed by atoms with Crippen LogP contribution in [0.5, 0.6) is 0 Å². The van der Waals surface area contributed by atoms with Crippen LogP contribution >= 0.6 is 0 Å². The van der Waals surface area contributed by atoms with Gasteiger partial charge in [-0.2, -0.15) is 18.2 Å². The lowest BCUT2D eigenvalue weighted by molar-refractivity contribution is -0.151. The second-order valence-electron chi connectivity index (χ2n) is 6.71. The molecule has 6 nitrogen and oxygen atoms in total. The van der Waals surface area contributed by atoms with E-state index in [1.165, 1.54) is 6.07 Å². The Balaban J connectivity index is 1.66. The topological polar surface area (TPSA) is 68.5 Å². The first-order valence-corrected chi connectivity index (χ1v) is 9.25. The Hall–Kier alpha value is -2.42. The predicted molar refractivity (Wildman–Crippen MR) is 93.2 cm³/mol. The Morgan fingerprint density at radius 2 is 2.18 bits per heavy atom. The number of carbonyl (C=O) groups excluding carboxylic acids is 1. The molecule has 9 heteroatoms. The fourth-order valence-corrected chi connectivity index (χ4v) is 3.33. The minimum atomic E-state index is -4.39. The van der Waals surface area contributed by atoms with Crippen LogP contribution in [0.25, 0.3) is 0 Å². The number of benzene rings is 1. The van der Waals surface area contributed by atoms with Gasteiger partial charge in [-0.3, -0.25) is 9.69 Å². The summed E-state index contributed by atoms with van der Waals surface area (Å²) in [4.78, 5) is 18.4. The number of likely N-dealkylation sites (tertiary alicyclic amines) is 1. The van der Waals surface area contributed by atoms with Gasteiger partial charge >= 0.3 is 12.1 Å². The van der Waals surface area contributed by atoms with E-state index in [9.17, 15) is 18.0 Å². The summed E-state index contributed by atoms with van der Waals surface area (Å²) in [6, 6.07) is 4.71. The number of hydrogen-bond donors (Lipinski definition) is 0. The van der Waals surface area contributed by atoms with Gasteiger partial charge in [0.05, 0.1) is 18.7 Å². The van der Waals surface area contributed by atoms with Crippen molar-refractivity contribution < 1.29 is 27.2 Å². The summed E-state index contributed by atoms with van der Waals surface area (Å²) >= 11 is 0. The highest BCUT2D eigenvalue weighted by Crippen LogP contribution is 2.30. The zero-order chi connectivity index (χ0) is 20.1. The van der Waals surface area contributed by atoms with Crippen molar-refractivity contribution >= 4 is 5.97 Å². The lowest BCUT2D eigenvalue weighted by Crippen LogP contribution is -2.45. The van der Waals surface area contributed by atoms with E-state index in [4.69, 9.17) is 9.26 Å². The van der Waals surface area contributed by atoms with Crippen molar-refractivity contribution in [3.63, 3.8) is 0 Å². The van der Waals surface area contributed by atoms with Gasteiger partial charge in [0.1, 0.15) is 6.04 Å². The van der Waals surface area contributed by atoms with Crippen LogP contribution in [-0.2, 0) is 28.7 Å². The van der Waals surface area contributed by atoms with Crippen molar-refractivity contribution in [3.8, 4) is 0 Å². The van der Waals surface area contributed by atoms with Gasteiger partial charge in [-0.15, -0.1) is 0 Å². The van der Waals surface area contributed by atoms with Crippen molar-refractivity contribution in [2.45, 2.75) is 51.4 Å². The van der Waals surface area contributed by atoms with Crippen molar-refractivity contribution in [3.05, 3.63) is 47.1 Å². The third-order valence-corrected chi connectivity index (χ3v) is 4.64. The molecule has 0 aliphatic carbocycles. The Morgan fingerprint density at radius 3 is 2.93 bits per heavy atom. The SMILES string of the molecule is CCOC(=O)[C@@H]1CCCCN1Cc1nc(Cc2cccc(C(F)(F)F)c2)no1. The van der Waals surface area contributed by atoms with Crippen LogP contribution in [0.15, 0.2) is 28.8 Å². The molecular formula is C19H22F3N3O3. The van der Waals surface area contributed by atoms with E-state index < -0.39 is 11.7 Å². The second-order valence-corrected chi connectivity index (χ2v) is 6.71. The molecule has 1 atom stereocenters. The summed E-state index contributed by atoms with van der Waals surface area (Å²) in [6.45, 7) is 3.11. The van der Waals surface area contributed by atoms with Crippen LogP contribution in [0, 0.1) is 0 Å². The molecular weight excluding hydrogens is 375 g/mol. The minimum absolute atomic E-state index is 0.134. The molecule has 0 radical (unpaired) electrons. The molecule has 1 aromatic carbocycles. The first-order chi connectivity index (χ1) is 13.4. The van der Waals surface area contributed by atoms with Gasteiger partial charge in [-0.1, -0.05) is 29.8 Å². The monoisotopic (exact) mass is 397 g/mol. The van der Waals surface area contributed by atoms with Crippen LogP contribution < -0.4 is 0 Å². The molecule has 0 N–H and O–H groups in total. The van der Waals surface area contributed by atoms with E-state index in [1.807, 2.05) is 4.90 Å². The summed E-state index contributed by atoms with van der Waals surface area (Å²) in [7, 11) is 0. The highest BCUT2D eigenvalue weighted by atomic mass is 19.4. The van der Waals surface area contributed by atoms with Gasteiger partial charge in [0, 0.05) is 6.42 Å². The van der Waals surface area contributed by atoms with Gasteiger partial charge in [-0.05, 0) is 37.9 Å². The second kappa shape index (κ2) is 8.72. The number of carbonyl (C=O) groups is 1. The molecule has 0 amide bonds. The van der Waals surface area contributed by atoms with Crippen LogP contribution in [-0.4, -0.2) is 40.2 Å². The van der Waals surface area contributed by atoms with Crippen LogP contribution in [0.1, 0.15) is 49.0 Å². The fourth-order valence-electron chi connectivity index (χ4n) is 3.33. The van der Waals surface area contributed by atoms with Gasteiger partial charge in [0.25, 0.3) is 0 Å². The standard InChI is InChI=1S/C19H22F3N3O3/c1-2-27-18(26)15-8-3-4-9-25(15)12-17-23-16(24-28-17)11-13-6-5-7-14(10-13)19(20,21)22/h5-7,10,15H,2-4,8-9,11-12H2,1H3/t15-/m0/s1. The summed E-state index contributed by atoms with van der Waals surface area (Å²) in [5, 5.41) is 3.86. The number of halogens is 3. The zero-order valence-electron chi connectivity index (χ0n) is 15.5. The molecule has 3 rings (SSSR count). The molecule has 1 aromatic heterocycles. The molecule has 0 unspecified atom stereocenters. The van der Waals surface area contributed by atoms with E-state index in [2.05, 4.69) is 10.1 Å². The highest BCUT2D eigenvalue weighted by Gasteiger charge is 2.32. The lowest BCUT2D eigenvalue weighted by Gasteiger charge is -2.32. The van der Waals surface area contributed by atoms with Crippen molar-refractivity contribution in [1.82, 2.24) is 15.0 Å². The lowest BCUT2D eigenvalue weighted by atomic mass is 10.0. The number of piperidine rings is 1. The quantitative estimate of drug-likeness (QED) is 0.694. The first kappa shape index (κ1) is 20.3. The molecule has 2 heterocycles. The van der Waals surface area contributed by atoms with Crippen LogP contribution in [0.3, 0.4) is 0 Å². The fraction of sp³-hybridized carbons (Fsp3) is 0.526. The number of aromatic nitrogens is 2. The number of hydrogen-bond acceptors (Lipinski definition) is 6. The van der Waals surface area contributed by atoms with E-state index in [0.29, 0.717) is 36.9 Å². The largest absolute Gasteiger partial charge is 0.465 e. The zero-order valence-corrected chi connectivity index (χ0v) is 15.5. The Bertz CT molecular complexity index is 807. The average molecular weight is 397 g/mol. The molecule has 152 valence electrons. The first-order valence-electron chi connectivity index (χ1n) is 9.25. The predicted octanol–water partition coefficient (Wildman–Crippen LogP) is 3.60. The van der Waals surface area contributed by atoms with E-state index in [-0.39, 0.29) is 18.4 Å². The summed E-state index contributed by atoms with van der Waals surface area (Å²) < 4.78 is 48.9. The molecule has 1 aliphatic rings. The molecule has 2 aromatic rings. The maximum atomic E-state index is 12.8. The smallest absolute Gasteiger partial charge is 0.416 e. The van der Waals surface area contributed by atoms with Crippen molar-refractivity contribution in [2.24, 2.45) is 0 Å². The maximum absolute atomic E-state index is 12.8. The molecule has 28 heavy (non-hydrogen) atoms. The highest BCUT2D eigenvalue weighted by molar-refractivity contribution is 5.75. The number of nitrogens with zero attached hydrogens (tertiary/aromatic N) is 3. The Labute approximate surface area is 160 Å². The molecule has 1 fully saturated rings. The normalized spacial score (nSPS) is 18.2. The Kier molecular flexibility index (Phi) is 6.33. The van der Waals surface area contributed by atoms with Gasteiger partial charge in [-0.25, -0.2) is 0 Å². The molecule has 0 spiro atoms. The average Bonchev–Trinajstić information content (AvgIpc) is 3.09. The molecule has 0 bridgehead atoms. The number of rotatable bonds is 6. The van der Waals surface area contributed by atoms with Gasteiger partial charge in [0.15, 0.2) is 5.82 Å². The molecule has 1 saturated heterocycles. The summed E-state index contributed by atoms with van der Waals surface area (Å²) in [5.41, 5.74) is -0.260.